The molecule has 2 rings (SSSR count). The van der Waals surface area contributed by atoms with Crippen LogP contribution in [-0.2, 0) is 9.53 Å². The van der Waals surface area contributed by atoms with Gasteiger partial charge in [-0.15, -0.1) is 0 Å². The Morgan fingerprint density at radius 1 is 1.35 bits per heavy atom. The quantitative estimate of drug-likeness (QED) is 0.661. The van der Waals surface area contributed by atoms with Gasteiger partial charge < -0.3 is 9.64 Å². The predicted octanol–water partition coefficient (Wildman–Crippen LogP) is 2.26. The van der Waals surface area contributed by atoms with Gasteiger partial charge in [0.1, 0.15) is 5.76 Å². The molecular weight excluding hydrogens is 235 g/mol. The maximum absolute atomic E-state index is 12.0. The minimum atomic E-state index is -4.97. The number of fused-ring (bicyclic) bond motifs is 1. The molecule has 0 aromatic rings. The predicted molar refractivity (Wildman–Crippen MR) is 53.3 cm³/mol. The number of alkyl halides is 3. The molecule has 3 nitrogen and oxygen atoms in total. The Morgan fingerprint density at radius 3 is 2.82 bits per heavy atom. The van der Waals surface area contributed by atoms with Crippen molar-refractivity contribution in [2.75, 3.05) is 6.54 Å². The summed E-state index contributed by atoms with van der Waals surface area (Å²) < 4.78 is 40.2. The lowest BCUT2D eigenvalue weighted by molar-refractivity contribution is -0.194. The fourth-order valence-corrected chi connectivity index (χ4v) is 1.42. The molecule has 2 aliphatic rings. The number of allylic oxidation sites excluding steroid dienone is 4. The Balaban J connectivity index is 2.08. The largest absolute Gasteiger partial charge is 0.491 e. The first-order chi connectivity index (χ1) is 7.97. The van der Waals surface area contributed by atoms with Gasteiger partial charge in [-0.25, -0.2) is 4.79 Å². The van der Waals surface area contributed by atoms with Crippen LogP contribution in [0.5, 0.6) is 0 Å². The second-order valence-corrected chi connectivity index (χ2v) is 3.42. The number of rotatable bonds is 1. The summed E-state index contributed by atoms with van der Waals surface area (Å²) in [6.07, 6.45) is 4.87. The molecule has 0 unspecified atom stereocenters. The van der Waals surface area contributed by atoms with Gasteiger partial charge in [0.25, 0.3) is 0 Å². The van der Waals surface area contributed by atoms with Crippen molar-refractivity contribution in [3.63, 3.8) is 0 Å². The van der Waals surface area contributed by atoms with E-state index in [4.69, 9.17) is 0 Å². The average Bonchev–Trinajstić information content (AvgIpc) is 2.27. The van der Waals surface area contributed by atoms with Crippen LogP contribution in [0.2, 0.25) is 0 Å². The van der Waals surface area contributed by atoms with Gasteiger partial charge in [0.05, 0.1) is 0 Å². The first-order valence-corrected chi connectivity index (χ1v) is 4.79. The van der Waals surface area contributed by atoms with E-state index in [1.165, 1.54) is 12.2 Å². The Hall–Kier alpha value is -1.98. The van der Waals surface area contributed by atoms with Gasteiger partial charge in [-0.1, -0.05) is 6.08 Å². The number of ether oxygens (including phenoxy) is 1. The average molecular weight is 243 g/mol. The molecule has 0 saturated heterocycles. The van der Waals surface area contributed by atoms with Crippen LogP contribution >= 0.6 is 0 Å². The molecule has 0 aromatic heterocycles. The van der Waals surface area contributed by atoms with E-state index in [1.807, 2.05) is 4.90 Å². The Labute approximate surface area is 95.2 Å². The van der Waals surface area contributed by atoms with Crippen molar-refractivity contribution >= 4 is 5.97 Å². The molecule has 0 amide bonds. The number of esters is 1. The lowest BCUT2D eigenvalue weighted by Crippen LogP contribution is -2.27. The van der Waals surface area contributed by atoms with E-state index in [-0.39, 0.29) is 5.76 Å². The third-order valence-corrected chi connectivity index (χ3v) is 2.20. The molecule has 0 atom stereocenters. The standard InChI is InChI=1S/C11H8F3NO2/c12-11(13,14)10(16)17-9-4-6-15-5-2-1-3-8(15)7-9/h1-5,7H,6H2. The monoisotopic (exact) mass is 243 g/mol. The van der Waals surface area contributed by atoms with E-state index in [0.717, 1.165) is 0 Å². The molecule has 0 saturated carbocycles. The van der Waals surface area contributed by atoms with Crippen molar-refractivity contribution < 1.29 is 22.7 Å². The Bertz CT molecular complexity index is 458. The fourth-order valence-electron chi connectivity index (χ4n) is 1.42. The topological polar surface area (TPSA) is 29.5 Å². The zero-order chi connectivity index (χ0) is 12.5. The molecule has 90 valence electrons. The Kier molecular flexibility index (Phi) is 2.79. The molecule has 0 fully saturated rings. The highest BCUT2D eigenvalue weighted by Gasteiger charge is 2.41. The highest BCUT2D eigenvalue weighted by Crippen LogP contribution is 2.23. The first-order valence-electron chi connectivity index (χ1n) is 4.79. The SMILES string of the molecule is O=C(OC1=CCN2C=CC=CC2=C1)C(F)(F)F. The fraction of sp³-hybridized carbons (Fsp3) is 0.182. The molecule has 0 aromatic carbocycles. The van der Waals surface area contributed by atoms with Gasteiger partial charge in [0.2, 0.25) is 0 Å². The van der Waals surface area contributed by atoms with Gasteiger partial charge in [-0.05, 0) is 18.2 Å². The number of halogens is 3. The van der Waals surface area contributed by atoms with Crippen LogP contribution in [0, 0.1) is 0 Å². The van der Waals surface area contributed by atoms with Crippen LogP contribution in [-0.4, -0.2) is 23.6 Å². The van der Waals surface area contributed by atoms with Crippen LogP contribution in [0.3, 0.4) is 0 Å². The maximum atomic E-state index is 12.0. The molecule has 0 aliphatic carbocycles. The van der Waals surface area contributed by atoms with E-state index < -0.39 is 12.1 Å². The highest BCUT2D eigenvalue weighted by molar-refractivity contribution is 5.77. The second-order valence-electron chi connectivity index (χ2n) is 3.42. The molecule has 2 aliphatic heterocycles. The molecule has 6 heteroatoms. The Morgan fingerprint density at radius 2 is 2.12 bits per heavy atom. The van der Waals surface area contributed by atoms with Gasteiger partial charge in [-0.3, -0.25) is 0 Å². The maximum Gasteiger partial charge on any atom is 0.491 e. The zero-order valence-electron chi connectivity index (χ0n) is 8.57. The summed E-state index contributed by atoms with van der Waals surface area (Å²) in [4.78, 5) is 12.4. The lowest BCUT2D eigenvalue weighted by atomic mass is 10.2. The molecule has 17 heavy (non-hydrogen) atoms. The summed E-state index contributed by atoms with van der Waals surface area (Å²) in [6, 6.07) is 0. The van der Waals surface area contributed by atoms with Crippen LogP contribution in [0.15, 0.2) is 48.0 Å². The van der Waals surface area contributed by atoms with Crippen molar-refractivity contribution in [2.45, 2.75) is 6.18 Å². The van der Waals surface area contributed by atoms with E-state index in [9.17, 15) is 18.0 Å². The molecular formula is C11H8F3NO2. The summed E-state index contributed by atoms with van der Waals surface area (Å²) in [5.41, 5.74) is 0.681. The van der Waals surface area contributed by atoms with Crippen LogP contribution < -0.4 is 0 Å². The van der Waals surface area contributed by atoms with Crippen LogP contribution in [0.25, 0.3) is 0 Å². The van der Waals surface area contributed by atoms with Crippen molar-refractivity contribution in [1.82, 2.24) is 4.90 Å². The summed E-state index contributed by atoms with van der Waals surface area (Å²) in [6.45, 7) is 0.368. The van der Waals surface area contributed by atoms with Gasteiger partial charge >= 0.3 is 12.1 Å². The minimum Gasteiger partial charge on any atom is -0.420 e. The summed E-state index contributed by atoms with van der Waals surface area (Å²) >= 11 is 0. The van der Waals surface area contributed by atoms with Crippen LogP contribution in [0.4, 0.5) is 13.2 Å². The zero-order valence-corrected chi connectivity index (χ0v) is 8.57. The molecule has 0 N–H and O–H groups in total. The third kappa shape index (κ3) is 2.58. The number of carbonyl (C=O) groups is 1. The van der Waals surface area contributed by atoms with Crippen molar-refractivity contribution in [2.24, 2.45) is 0 Å². The first kappa shape index (κ1) is 11.5. The van der Waals surface area contributed by atoms with Gasteiger partial charge in [-0.2, -0.15) is 13.2 Å². The summed E-state index contributed by atoms with van der Waals surface area (Å²) in [5.74, 6) is -2.29. The molecule has 0 radical (unpaired) electrons. The van der Waals surface area contributed by atoms with Crippen molar-refractivity contribution in [1.29, 1.82) is 0 Å². The number of nitrogens with zero attached hydrogens (tertiary/aromatic N) is 1. The second kappa shape index (κ2) is 4.12. The minimum absolute atomic E-state index is 0.0847. The molecule has 2 heterocycles. The van der Waals surface area contributed by atoms with Gasteiger partial charge in [0.15, 0.2) is 0 Å². The lowest BCUT2D eigenvalue weighted by Gasteiger charge is -2.26. The van der Waals surface area contributed by atoms with E-state index >= 15 is 0 Å². The molecule has 0 bridgehead atoms. The van der Waals surface area contributed by atoms with Crippen molar-refractivity contribution in [3.8, 4) is 0 Å². The van der Waals surface area contributed by atoms with Gasteiger partial charge in [0, 0.05) is 24.5 Å². The van der Waals surface area contributed by atoms with E-state index in [2.05, 4.69) is 4.74 Å². The van der Waals surface area contributed by atoms with Crippen LogP contribution in [0.1, 0.15) is 0 Å². The van der Waals surface area contributed by atoms with E-state index in [1.54, 1.807) is 24.4 Å². The van der Waals surface area contributed by atoms with E-state index in [0.29, 0.717) is 12.2 Å². The normalized spacial score (nSPS) is 18.4. The summed E-state index contributed by atoms with van der Waals surface area (Å²) in [7, 11) is 0. The summed E-state index contributed by atoms with van der Waals surface area (Å²) in [5, 5.41) is 0. The highest BCUT2D eigenvalue weighted by atomic mass is 19.4. The smallest absolute Gasteiger partial charge is 0.420 e. The molecule has 0 spiro atoms. The number of hydrogen-bond acceptors (Lipinski definition) is 3. The third-order valence-electron chi connectivity index (χ3n) is 2.20. The van der Waals surface area contributed by atoms with Crippen molar-refractivity contribution in [3.05, 3.63) is 48.0 Å². The number of hydrogen-bond donors (Lipinski definition) is 0. The number of carbonyl (C=O) groups excluding carboxylic acids is 1.